The summed E-state index contributed by atoms with van der Waals surface area (Å²) in [6.45, 7) is 0. The van der Waals surface area contributed by atoms with Crippen LogP contribution < -0.4 is 0 Å². The predicted molar refractivity (Wildman–Crippen MR) is 49.9 cm³/mol. The number of rotatable bonds is 1. The first kappa shape index (κ1) is 8.05. The number of nitrogens with zero attached hydrogens (tertiary/aromatic N) is 2. The molecule has 1 aromatic rings. The molecule has 0 bridgehead atoms. The summed E-state index contributed by atoms with van der Waals surface area (Å²) in [5, 5.41) is 0.595. The number of hydrogen-bond donors (Lipinski definition) is 0. The van der Waals surface area contributed by atoms with Crippen molar-refractivity contribution in [2.24, 2.45) is 0 Å². The van der Waals surface area contributed by atoms with Gasteiger partial charge in [-0.3, -0.25) is 0 Å². The van der Waals surface area contributed by atoms with Gasteiger partial charge < -0.3 is 0 Å². The highest BCUT2D eigenvalue weighted by molar-refractivity contribution is 7.99. The Morgan fingerprint density at radius 3 is 3.17 bits per heavy atom. The second-order valence-corrected chi connectivity index (χ2v) is 4.25. The van der Waals surface area contributed by atoms with Crippen LogP contribution in [-0.4, -0.2) is 15.7 Å². The summed E-state index contributed by atoms with van der Waals surface area (Å²) in [6, 6.07) is 2.00. The van der Waals surface area contributed by atoms with Crippen LogP contribution >= 0.6 is 11.8 Å². The molecule has 2 heterocycles. The van der Waals surface area contributed by atoms with Crippen molar-refractivity contribution >= 4 is 11.8 Å². The highest BCUT2D eigenvalue weighted by Crippen LogP contribution is 2.36. The normalized spacial score (nSPS) is 23.8. The Bertz CT molecular complexity index is 232. The largest absolute Gasteiger partial charge is 0.234 e. The summed E-state index contributed by atoms with van der Waals surface area (Å²) in [7, 11) is 0. The summed E-state index contributed by atoms with van der Waals surface area (Å²) in [5.74, 6) is 1.27. The first-order valence-corrected chi connectivity index (χ1v) is 5.32. The first-order chi connectivity index (χ1) is 5.97. The average Bonchev–Trinajstić information content (AvgIpc) is 2.21. The zero-order valence-electron chi connectivity index (χ0n) is 6.86. The van der Waals surface area contributed by atoms with Crippen molar-refractivity contribution in [3.05, 3.63) is 24.3 Å². The fourth-order valence-corrected chi connectivity index (χ4v) is 2.71. The van der Waals surface area contributed by atoms with Crippen LogP contribution in [-0.2, 0) is 0 Å². The number of thioether (sulfide) groups is 1. The van der Waals surface area contributed by atoms with Crippen molar-refractivity contribution in [2.75, 3.05) is 5.75 Å². The molecule has 3 heteroatoms. The molecule has 0 saturated carbocycles. The molecule has 1 radical (unpaired) electrons. The summed E-state index contributed by atoms with van der Waals surface area (Å²) < 4.78 is 0. The molecule has 1 atom stereocenters. The van der Waals surface area contributed by atoms with Crippen LogP contribution in [0.15, 0.2) is 12.3 Å². The molecule has 12 heavy (non-hydrogen) atoms. The van der Waals surface area contributed by atoms with Crippen molar-refractivity contribution in [3.8, 4) is 0 Å². The molecule has 1 unspecified atom stereocenters. The molecular formula is C9H11N2S. The Balaban J connectivity index is 2.08. The molecule has 0 N–H and O–H groups in total. The van der Waals surface area contributed by atoms with E-state index in [1.807, 2.05) is 17.8 Å². The number of aromatic nitrogens is 2. The first-order valence-electron chi connectivity index (χ1n) is 4.27. The highest BCUT2D eigenvalue weighted by atomic mass is 32.2. The van der Waals surface area contributed by atoms with E-state index in [4.69, 9.17) is 0 Å². The molecule has 0 amide bonds. The topological polar surface area (TPSA) is 25.8 Å². The smallest absolute Gasteiger partial charge is 0.197 e. The second kappa shape index (κ2) is 3.90. The Morgan fingerprint density at radius 2 is 2.50 bits per heavy atom. The van der Waals surface area contributed by atoms with E-state index < -0.39 is 0 Å². The molecule has 0 aromatic carbocycles. The van der Waals surface area contributed by atoms with Crippen LogP contribution in [0, 0.1) is 6.33 Å². The lowest BCUT2D eigenvalue weighted by Crippen LogP contribution is -2.03. The van der Waals surface area contributed by atoms with E-state index in [9.17, 15) is 0 Å². The minimum absolute atomic E-state index is 0.595. The maximum absolute atomic E-state index is 4.15. The van der Waals surface area contributed by atoms with Gasteiger partial charge in [-0.25, -0.2) is 9.97 Å². The van der Waals surface area contributed by atoms with E-state index in [0.717, 1.165) is 5.69 Å². The Kier molecular flexibility index (Phi) is 2.61. The van der Waals surface area contributed by atoms with Crippen molar-refractivity contribution in [1.29, 1.82) is 0 Å². The fraction of sp³-hybridized carbons (Fsp3) is 0.556. The van der Waals surface area contributed by atoms with E-state index in [-0.39, 0.29) is 0 Å². The fourth-order valence-electron chi connectivity index (χ4n) is 1.42. The van der Waals surface area contributed by atoms with Gasteiger partial charge in [0.1, 0.15) is 0 Å². The van der Waals surface area contributed by atoms with Crippen molar-refractivity contribution in [2.45, 2.75) is 24.5 Å². The molecule has 1 saturated heterocycles. The van der Waals surface area contributed by atoms with Crippen LogP contribution in [0.5, 0.6) is 0 Å². The van der Waals surface area contributed by atoms with Gasteiger partial charge in [-0.2, -0.15) is 11.8 Å². The molecule has 0 aliphatic carbocycles. The lowest BCUT2D eigenvalue weighted by Gasteiger charge is -2.19. The van der Waals surface area contributed by atoms with Crippen LogP contribution in [0.1, 0.15) is 30.2 Å². The third-order valence-electron chi connectivity index (χ3n) is 2.07. The molecule has 1 aliphatic rings. The van der Waals surface area contributed by atoms with E-state index in [1.165, 1.54) is 25.0 Å². The molecular weight excluding hydrogens is 168 g/mol. The SMILES string of the molecule is [c]1nccc(C2CCCCS2)n1. The van der Waals surface area contributed by atoms with Gasteiger partial charge in [0, 0.05) is 11.4 Å². The van der Waals surface area contributed by atoms with Crippen LogP contribution in [0.3, 0.4) is 0 Å². The summed E-state index contributed by atoms with van der Waals surface area (Å²) in [4.78, 5) is 7.94. The van der Waals surface area contributed by atoms with Gasteiger partial charge in [0.15, 0.2) is 6.33 Å². The van der Waals surface area contributed by atoms with Gasteiger partial charge in [0.05, 0.1) is 5.69 Å². The quantitative estimate of drug-likeness (QED) is 0.661. The zero-order chi connectivity index (χ0) is 8.23. The van der Waals surface area contributed by atoms with E-state index in [0.29, 0.717) is 5.25 Å². The number of hydrogen-bond acceptors (Lipinski definition) is 3. The third-order valence-corrected chi connectivity index (χ3v) is 3.47. The van der Waals surface area contributed by atoms with Gasteiger partial charge in [-0.15, -0.1) is 0 Å². The van der Waals surface area contributed by atoms with E-state index >= 15 is 0 Å². The summed E-state index contributed by atoms with van der Waals surface area (Å²) >= 11 is 2.01. The standard InChI is InChI=1S/C9H11N2S/c1-2-6-12-9(3-1)8-4-5-10-7-11-8/h4-5,9H,1-3,6H2. The Labute approximate surface area is 76.8 Å². The molecule has 2 rings (SSSR count). The lowest BCUT2D eigenvalue weighted by atomic mass is 10.1. The van der Waals surface area contributed by atoms with Gasteiger partial charge in [-0.05, 0) is 24.7 Å². The van der Waals surface area contributed by atoms with Gasteiger partial charge in [0.25, 0.3) is 0 Å². The van der Waals surface area contributed by atoms with Crippen LogP contribution in [0.2, 0.25) is 0 Å². The van der Waals surface area contributed by atoms with Crippen molar-refractivity contribution < 1.29 is 0 Å². The molecule has 1 aliphatic heterocycles. The zero-order valence-corrected chi connectivity index (χ0v) is 7.68. The van der Waals surface area contributed by atoms with Crippen molar-refractivity contribution in [3.63, 3.8) is 0 Å². The lowest BCUT2D eigenvalue weighted by molar-refractivity contribution is 0.674. The predicted octanol–water partition coefficient (Wildman–Crippen LogP) is 2.23. The monoisotopic (exact) mass is 179 g/mol. The van der Waals surface area contributed by atoms with Crippen molar-refractivity contribution in [1.82, 2.24) is 9.97 Å². The minimum atomic E-state index is 0.595. The maximum Gasteiger partial charge on any atom is 0.197 e. The molecule has 63 valence electrons. The summed E-state index contributed by atoms with van der Waals surface area (Å²) in [6.07, 6.45) is 8.37. The van der Waals surface area contributed by atoms with Crippen LogP contribution in [0.4, 0.5) is 0 Å². The molecule has 0 spiro atoms. The molecule has 2 nitrogen and oxygen atoms in total. The van der Waals surface area contributed by atoms with Gasteiger partial charge in [0.2, 0.25) is 0 Å². The Hall–Kier alpha value is -0.570. The van der Waals surface area contributed by atoms with Gasteiger partial charge >= 0.3 is 0 Å². The minimum Gasteiger partial charge on any atom is -0.234 e. The van der Waals surface area contributed by atoms with E-state index in [1.54, 1.807) is 6.20 Å². The second-order valence-electron chi connectivity index (χ2n) is 2.94. The molecule has 1 fully saturated rings. The maximum atomic E-state index is 4.15. The highest BCUT2D eigenvalue weighted by Gasteiger charge is 2.16. The average molecular weight is 179 g/mol. The van der Waals surface area contributed by atoms with E-state index in [2.05, 4.69) is 16.3 Å². The Morgan fingerprint density at radius 1 is 1.50 bits per heavy atom. The van der Waals surface area contributed by atoms with Gasteiger partial charge in [-0.1, -0.05) is 6.42 Å². The third kappa shape index (κ3) is 1.78. The summed E-state index contributed by atoms with van der Waals surface area (Å²) in [5.41, 5.74) is 1.15. The molecule has 1 aromatic heterocycles. The van der Waals surface area contributed by atoms with Crippen LogP contribution in [0.25, 0.3) is 0 Å².